The van der Waals surface area contributed by atoms with E-state index in [1.165, 1.54) is 4.90 Å². The second kappa shape index (κ2) is 8.29. The first-order valence-electron chi connectivity index (χ1n) is 7.07. The Kier molecular flexibility index (Phi) is 6.72. The quantitative estimate of drug-likeness (QED) is 0.757. The normalized spacial score (nSPS) is 10.6. The van der Waals surface area contributed by atoms with E-state index in [1.807, 2.05) is 30.3 Å². The summed E-state index contributed by atoms with van der Waals surface area (Å²) in [6, 6.07) is 9.45. The molecule has 0 aliphatic heterocycles. The molecule has 21 heavy (non-hydrogen) atoms. The number of nitrogens with zero attached hydrogens (tertiary/aromatic N) is 1. The molecule has 0 saturated heterocycles. The van der Waals surface area contributed by atoms with Crippen LogP contribution in [0, 0.1) is 0 Å². The monoisotopic (exact) mass is 293 g/mol. The van der Waals surface area contributed by atoms with Gasteiger partial charge in [-0.2, -0.15) is 0 Å². The van der Waals surface area contributed by atoms with Crippen LogP contribution in [0.15, 0.2) is 30.3 Å². The number of amides is 1. The molecule has 0 spiro atoms. The molecule has 5 heteroatoms. The van der Waals surface area contributed by atoms with Gasteiger partial charge in [0.05, 0.1) is 12.2 Å². The van der Waals surface area contributed by atoms with Gasteiger partial charge in [0.15, 0.2) is 0 Å². The van der Waals surface area contributed by atoms with Gasteiger partial charge in [-0.15, -0.1) is 0 Å². The van der Waals surface area contributed by atoms with Crippen molar-refractivity contribution < 1.29 is 19.1 Å². The van der Waals surface area contributed by atoms with Crippen LogP contribution in [0.1, 0.15) is 33.3 Å². The number of hydrogen-bond acceptors (Lipinski definition) is 4. The predicted molar refractivity (Wildman–Crippen MR) is 79.7 cm³/mol. The Labute approximate surface area is 125 Å². The van der Waals surface area contributed by atoms with Crippen molar-refractivity contribution in [3.63, 3.8) is 0 Å². The largest absolute Gasteiger partial charge is 0.462 e. The van der Waals surface area contributed by atoms with Crippen LogP contribution in [0.2, 0.25) is 0 Å². The number of hydrogen-bond donors (Lipinski definition) is 0. The van der Waals surface area contributed by atoms with Gasteiger partial charge in [-0.25, -0.2) is 4.79 Å². The zero-order valence-corrected chi connectivity index (χ0v) is 13.0. The molecule has 0 saturated carbocycles. The highest BCUT2D eigenvalue weighted by Crippen LogP contribution is 2.08. The van der Waals surface area contributed by atoms with Crippen molar-refractivity contribution in [2.75, 3.05) is 6.54 Å². The van der Waals surface area contributed by atoms with Gasteiger partial charge in [0, 0.05) is 6.54 Å². The van der Waals surface area contributed by atoms with Crippen LogP contribution in [-0.2, 0) is 20.8 Å². The lowest BCUT2D eigenvalue weighted by Gasteiger charge is -2.23. The summed E-state index contributed by atoms with van der Waals surface area (Å²) in [5.41, 5.74) is 0.926. The summed E-state index contributed by atoms with van der Waals surface area (Å²) in [4.78, 5) is 25.2. The van der Waals surface area contributed by atoms with Gasteiger partial charge in [0.2, 0.25) is 0 Å². The first-order valence-corrected chi connectivity index (χ1v) is 7.07. The molecule has 0 fully saturated rings. The van der Waals surface area contributed by atoms with E-state index in [0.29, 0.717) is 6.54 Å². The van der Waals surface area contributed by atoms with E-state index in [1.54, 1.807) is 27.7 Å². The minimum absolute atomic E-state index is 0.126. The summed E-state index contributed by atoms with van der Waals surface area (Å²) in [6.45, 7) is 7.26. The van der Waals surface area contributed by atoms with E-state index >= 15 is 0 Å². The molecule has 0 atom stereocenters. The zero-order valence-electron chi connectivity index (χ0n) is 13.0. The van der Waals surface area contributed by atoms with Crippen LogP contribution in [0.3, 0.4) is 0 Å². The average molecular weight is 293 g/mol. The van der Waals surface area contributed by atoms with Gasteiger partial charge in [0.25, 0.3) is 0 Å². The van der Waals surface area contributed by atoms with Gasteiger partial charge in [-0.1, -0.05) is 30.3 Å². The predicted octanol–water partition coefficient (Wildman–Crippen LogP) is 2.99. The summed E-state index contributed by atoms with van der Waals surface area (Å²) in [7, 11) is 0. The fourth-order valence-electron chi connectivity index (χ4n) is 1.72. The summed E-state index contributed by atoms with van der Waals surface area (Å²) < 4.78 is 10.3. The lowest BCUT2D eigenvalue weighted by Crippen LogP contribution is -2.38. The summed E-state index contributed by atoms with van der Waals surface area (Å²) in [5.74, 6) is -0.443. The third kappa shape index (κ3) is 6.79. The molecule has 0 heterocycles. The van der Waals surface area contributed by atoms with Crippen molar-refractivity contribution in [3.05, 3.63) is 35.9 Å². The lowest BCUT2D eigenvalue weighted by atomic mass is 10.2. The Morgan fingerprint density at radius 1 is 1.00 bits per heavy atom. The first kappa shape index (κ1) is 17.0. The minimum Gasteiger partial charge on any atom is -0.462 e. The molecule has 0 N–H and O–H groups in total. The van der Waals surface area contributed by atoms with E-state index in [4.69, 9.17) is 9.47 Å². The summed E-state index contributed by atoms with van der Waals surface area (Å²) in [6.07, 6.45) is -0.969. The highest BCUT2D eigenvalue weighted by atomic mass is 16.6. The third-order valence-corrected chi connectivity index (χ3v) is 2.50. The van der Waals surface area contributed by atoms with E-state index in [0.717, 1.165) is 5.56 Å². The van der Waals surface area contributed by atoms with Gasteiger partial charge in [0.1, 0.15) is 6.54 Å². The van der Waals surface area contributed by atoms with Gasteiger partial charge >= 0.3 is 12.1 Å². The summed E-state index contributed by atoms with van der Waals surface area (Å²) in [5, 5.41) is 0. The van der Waals surface area contributed by atoms with Crippen LogP contribution >= 0.6 is 0 Å². The Bertz CT molecular complexity index is 457. The molecular weight excluding hydrogens is 270 g/mol. The molecule has 5 nitrogen and oxygen atoms in total. The van der Waals surface area contributed by atoms with E-state index < -0.39 is 12.1 Å². The Balaban J connectivity index is 2.74. The van der Waals surface area contributed by atoms with Crippen molar-refractivity contribution in [2.24, 2.45) is 0 Å². The molecule has 1 aromatic rings. The zero-order chi connectivity index (χ0) is 15.8. The molecule has 0 unspecified atom stereocenters. The molecule has 116 valence electrons. The number of benzene rings is 1. The molecule has 0 radical (unpaired) electrons. The van der Waals surface area contributed by atoms with Crippen LogP contribution in [0.25, 0.3) is 0 Å². The van der Waals surface area contributed by atoms with Gasteiger partial charge in [-0.05, 0) is 33.3 Å². The number of carbonyl (C=O) groups excluding carboxylic acids is 2. The molecule has 1 rings (SSSR count). The maximum atomic E-state index is 12.1. The second-order valence-corrected chi connectivity index (χ2v) is 5.31. The molecular formula is C16H23NO4. The van der Waals surface area contributed by atoms with Gasteiger partial charge < -0.3 is 9.47 Å². The van der Waals surface area contributed by atoms with Crippen molar-refractivity contribution in [3.8, 4) is 0 Å². The first-order chi connectivity index (χ1) is 9.88. The highest BCUT2D eigenvalue weighted by Gasteiger charge is 2.21. The highest BCUT2D eigenvalue weighted by molar-refractivity contribution is 5.78. The van der Waals surface area contributed by atoms with Crippen molar-refractivity contribution in [1.29, 1.82) is 0 Å². The average Bonchev–Trinajstić information content (AvgIpc) is 2.37. The Hall–Kier alpha value is -2.04. The van der Waals surface area contributed by atoms with E-state index in [-0.39, 0.29) is 18.8 Å². The van der Waals surface area contributed by atoms with Crippen LogP contribution in [0.5, 0.6) is 0 Å². The maximum Gasteiger partial charge on any atom is 0.410 e. The van der Waals surface area contributed by atoms with Crippen LogP contribution in [0.4, 0.5) is 4.79 Å². The van der Waals surface area contributed by atoms with Gasteiger partial charge in [-0.3, -0.25) is 9.69 Å². The molecule has 1 amide bonds. The number of esters is 1. The SMILES string of the molecule is CC(C)OC(=O)CN(Cc1ccccc1)C(=O)OC(C)C. The van der Waals surface area contributed by atoms with Crippen molar-refractivity contribution in [1.82, 2.24) is 4.90 Å². The van der Waals surface area contributed by atoms with Crippen molar-refractivity contribution in [2.45, 2.75) is 46.4 Å². The molecule has 0 aromatic heterocycles. The molecule has 0 aliphatic rings. The Morgan fingerprint density at radius 2 is 1.57 bits per heavy atom. The number of rotatable bonds is 6. The fourth-order valence-corrected chi connectivity index (χ4v) is 1.72. The standard InChI is InChI=1S/C16H23NO4/c1-12(2)20-15(18)11-17(16(19)21-13(3)4)10-14-8-6-5-7-9-14/h5-9,12-13H,10-11H2,1-4H3. The Morgan fingerprint density at radius 3 is 2.10 bits per heavy atom. The van der Waals surface area contributed by atoms with Crippen LogP contribution in [-0.4, -0.2) is 35.7 Å². The number of ether oxygens (including phenoxy) is 2. The second-order valence-electron chi connectivity index (χ2n) is 5.31. The van der Waals surface area contributed by atoms with E-state index in [2.05, 4.69) is 0 Å². The lowest BCUT2D eigenvalue weighted by molar-refractivity contribution is -0.148. The maximum absolute atomic E-state index is 12.1. The molecule has 0 bridgehead atoms. The summed E-state index contributed by atoms with van der Waals surface area (Å²) >= 11 is 0. The topological polar surface area (TPSA) is 55.8 Å². The van der Waals surface area contributed by atoms with E-state index in [9.17, 15) is 9.59 Å². The fraction of sp³-hybridized carbons (Fsp3) is 0.500. The minimum atomic E-state index is -0.519. The molecule has 0 aliphatic carbocycles. The molecule has 1 aromatic carbocycles. The number of carbonyl (C=O) groups is 2. The third-order valence-electron chi connectivity index (χ3n) is 2.50. The smallest absolute Gasteiger partial charge is 0.410 e. The van der Waals surface area contributed by atoms with Crippen molar-refractivity contribution >= 4 is 12.1 Å². The van der Waals surface area contributed by atoms with Crippen LogP contribution < -0.4 is 0 Å².